The highest BCUT2D eigenvalue weighted by Crippen LogP contribution is 2.30. The van der Waals surface area contributed by atoms with Crippen LogP contribution in [0, 0.1) is 10.1 Å². The molecule has 0 amide bonds. The molecule has 0 fully saturated rings. The SMILES string of the molecule is CN(C)Nc1ncnc(Nc2ccc(Cl)cn2)c1[N+](=O)[O-]. The van der Waals surface area contributed by atoms with Crippen LogP contribution in [0.15, 0.2) is 24.7 Å². The molecule has 0 spiro atoms. The Bertz CT molecular complexity index is 648. The molecule has 0 aliphatic carbocycles. The fraction of sp³-hybridized carbons (Fsp3) is 0.182. The normalized spacial score (nSPS) is 10.5. The van der Waals surface area contributed by atoms with Crippen LogP contribution in [0.5, 0.6) is 0 Å². The van der Waals surface area contributed by atoms with Gasteiger partial charge in [-0.25, -0.2) is 20.0 Å². The summed E-state index contributed by atoms with van der Waals surface area (Å²) in [5.74, 6) is 0.502. The van der Waals surface area contributed by atoms with Gasteiger partial charge < -0.3 is 5.32 Å². The Morgan fingerprint density at radius 1 is 1.24 bits per heavy atom. The number of halogens is 1. The third-order valence-electron chi connectivity index (χ3n) is 2.31. The first-order valence-electron chi connectivity index (χ1n) is 5.79. The van der Waals surface area contributed by atoms with Gasteiger partial charge in [0, 0.05) is 20.3 Å². The summed E-state index contributed by atoms with van der Waals surface area (Å²) in [5, 5.41) is 16.0. The van der Waals surface area contributed by atoms with Gasteiger partial charge in [0.1, 0.15) is 12.1 Å². The van der Waals surface area contributed by atoms with Crippen LogP contribution < -0.4 is 10.7 Å². The molecule has 0 aliphatic heterocycles. The van der Waals surface area contributed by atoms with Gasteiger partial charge in [0.05, 0.1) is 9.95 Å². The average Bonchev–Trinajstić information content (AvgIpc) is 2.40. The topological polar surface area (TPSA) is 109 Å². The van der Waals surface area contributed by atoms with Crippen molar-refractivity contribution in [1.82, 2.24) is 20.0 Å². The zero-order valence-corrected chi connectivity index (χ0v) is 12.0. The molecule has 2 rings (SSSR count). The molecule has 0 saturated heterocycles. The molecule has 10 heteroatoms. The molecule has 2 N–H and O–H groups in total. The maximum absolute atomic E-state index is 11.3. The van der Waals surface area contributed by atoms with Gasteiger partial charge in [-0.05, 0) is 12.1 Å². The van der Waals surface area contributed by atoms with Gasteiger partial charge in [0.15, 0.2) is 0 Å². The third kappa shape index (κ3) is 3.74. The second kappa shape index (κ2) is 6.29. The molecule has 110 valence electrons. The number of nitro groups is 1. The zero-order chi connectivity index (χ0) is 15.4. The van der Waals surface area contributed by atoms with Crippen LogP contribution in [0.3, 0.4) is 0 Å². The van der Waals surface area contributed by atoms with Crippen molar-refractivity contribution in [1.29, 1.82) is 0 Å². The first-order valence-corrected chi connectivity index (χ1v) is 6.17. The molecule has 0 aliphatic rings. The van der Waals surface area contributed by atoms with Gasteiger partial charge in [0.2, 0.25) is 11.6 Å². The number of nitrogens with zero attached hydrogens (tertiary/aromatic N) is 5. The fourth-order valence-corrected chi connectivity index (χ4v) is 1.62. The summed E-state index contributed by atoms with van der Waals surface area (Å²) >= 11 is 5.74. The smallest absolute Gasteiger partial charge is 0.319 e. The van der Waals surface area contributed by atoms with Crippen LogP contribution in [-0.4, -0.2) is 39.0 Å². The summed E-state index contributed by atoms with van der Waals surface area (Å²) < 4.78 is 0. The molecule has 0 radical (unpaired) electrons. The van der Waals surface area contributed by atoms with Crippen molar-refractivity contribution in [2.24, 2.45) is 0 Å². The van der Waals surface area contributed by atoms with Crippen LogP contribution in [0.2, 0.25) is 5.02 Å². The van der Waals surface area contributed by atoms with Crippen molar-refractivity contribution in [3.8, 4) is 0 Å². The van der Waals surface area contributed by atoms with Crippen LogP contribution in [-0.2, 0) is 0 Å². The molecule has 2 aromatic heterocycles. The molecule has 2 heterocycles. The van der Waals surface area contributed by atoms with Gasteiger partial charge in [-0.2, -0.15) is 0 Å². The van der Waals surface area contributed by atoms with Gasteiger partial charge in [-0.3, -0.25) is 15.5 Å². The van der Waals surface area contributed by atoms with Crippen molar-refractivity contribution in [2.75, 3.05) is 24.8 Å². The number of rotatable bonds is 5. The summed E-state index contributed by atoms with van der Waals surface area (Å²) in [6, 6.07) is 3.20. The number of nitrogens with one attached hydrogen (secondary N) is 2. The number of hydrazine groups is 1. The van der Waals surface area contributed by atoms with Gasteiger partial charge in [-0.15, -0.1) is 0 Å². The minimum absolute atomic E-state index is 0.0363. The Morgan fingerprint density at radius 3 is 2.52 bits per heavy atom. The first kappa shape index (κ1) is 14.9. The van der Waals surface area contributed by atoms with E-state index in [9.17, 15) is 10.1 Å². The molecule has 0 unspecified atom stereocenters. The highest BCUT2D eigenvalue weighted by atomic mass is 35.5. The lowest BCUT2D eigenvalue weighted by atomic mass is 10.4. The second-order valence-corrected chi connectivity index (χ2v) is 4.61. The van der Waals surface area contributed by atoms with Crippen molar-refractivity contribution < 1.29 is 4.92 Å². The first-order chi connectivity index (χ1) is 9.97. The zero-order valence-electron chi connectivity index (χ0n) is 11.2. The number of hydrogen-bond donors (Lipinski definition) is 2. The molecular weight excluding hydrogens is 298 g/mol. The van der Waals surface area contributed by atoms with Crippen molar-refractivity contribution >= 4 is 34.7 Å². The Kier molecular flexibility index (Phi) is 4.45. The van der Waals surface area contributed by atoms with E-state index < -0.39 is 4.92 Å². The van der Waals surface area contributed by atoms with Crippen molar-refractivity contribution in [3.63, 3.8) is 0 Å². The standard InChI is InChI=1S/C11H12ClN7O2/c1-18(2)17-11-9(19(20)21)10(14-6-15-11)16-8-4-3-7(12)5-13-8/h3-6H,1-2H3,(H2,13,14,15,16,17). The number of aromatic nitrogens is 3. The van der Waals surface area contributed by atoms with E-state index in [-0.39, 0.29) is 17.3 Å². The Labute approximate surface area is 125 Å². The minimum Gasteiger partial charge on any atom is -0.319 e. The number of anilines is 3. The average molecular weight is 310 g/mol. The molecule has 0 atom stereocenters. The molecule has 0 bridgehead atoms. The lowest BCUT2D eigenvalue weighted by Gasteiger charge is -2.13. The second-order valence-electron chi connectivity index (χ2n) is 4.17. The number of pyridine rings is 1. The van der Waals surface area contributed by atoms with Gasteiger partial charge in [0.25, 0.3) is 0 Å². The Morgan fingerprint density at radius 2 is 1.95 bits per heavy atom. The largest absolute Gasteiger partial charge is 0.354 e. The van der Waals surface area contributed by atoms with E-state index in [4.69, 9.17) is 11.6 Å². The fourth-order valence-electron chi connectivity index (χ4n) is 1.51. The molecule has 0 saturated carbocycles. The predicted octanol–water partition coefficient (Wildman–Crippen LogP) is 2.07. The predicted molar refractivity (Wildman–Crippen MR) is 78.5 cm³/mol. The van der Waals surface area contributed by atoms with E-state index in [1.54, 1.807) is 31.2 Å². The van der Waals surface area contributed by atoms with Gasteiger partial charge in [-0.1, -0.05) is 11.6 Å². The summed E-state index contributed by atoms with van der Waals surface area (Å²) in [6.45, 7) is 0. The van der Waals surface area contributed by atoms with E-state index in [1.165, 1.54) is 12.5 Å². The van der Waals surface area contributed by atoms with E-state index in [0.29, 0.717) is 10.8 Å². The van der Waals surface area contributed by atoms with Crippen LogP contribution >= 0.6 is 11.6 Å². The Hall–Kier alpha value is -2.52. The molecule has 21 heavy (non-hydrogen) atoms. The molecule has 2 aromatic rings. The van der Waals surface area contributed by atoms with E-state index in [2.05, 4.69) is 25.7 Å². The number of hydrogen-bond acceptors (Lipinski definition) is 8. The quantitative estimate of drug-likeness (QED) is 0.638. The Balaban J connectivity index is 2.38. The third-order valence-corrected chi connectivity index (χ3v) is 2.53. The van der Waals surface area contributed by atoms with E-state index in [1.807, 2.05) is 0 Å². The summed E-state index contributed by atoms with van der Waals surface area (Å²) in [5.41, 5.74) is 2.47. The molecule has 0 aromatic carbocycles. The summed E-state index contributed by atoms with van der Waals surface area (Å²) in [4.78, 5) is 22.5. The lowest BCUT2D eigenvalue weighted by Crippen LogP contribution is -2.21. The minimum atomic E-state index is -0.565. The maximum Gasteiger partial charge on any atom is 0.354 e. The van der Waals surface area contributed by atoms with E-state index >= 15 is 0 Å². The molecule has 9 nitrogen and oxygen atoms in total. The van der Waals surface area contributed by atoms with Gasteiger partial charge >= 0.3 is 5.69 Å². The van der Waals surface area contributed by atoms with Crippen LogP contribution in [0.4, 0.5) is 23.1 Å². The van der Waals surface area contributed by atoms with Crippen LogP contribution in [0.25, 0.3) is 0 Å². The lowest BCUT2D eigenvalue weighted by molar-refractivity contribution is -0.383. The summed E-state index contributed by atoms with van der Waals surface area (Å²) in [6.07, 6.45) is 2.65. The highest BCUT2D eigenvalue weighted by molar-refractivity contribution is 6.30. The van der Waals surface area contributed by atoms with Crippen molar-refractivity contribution in [2.45, 2.75) is 0 Å². The van der Waals surface area contributed by atoms with Crippen molar-refractivity contribution in [3.05, 3.63) is 39.8 Å². The molecular formula is C11H12ClN7O2. The van der Waals surface area contributed by atoms with E-state index in [0.717, 1.165) is 0 Å². The summed E-state index contributed by atoms with van der Waals surface area (Å²) in [7, 11) is 3.39. The maximum atomic E-state index is 11.3. The van der Waals surface area contributed by atoms with Crippen LogP contribution in [0.1, 0.15) is 0 Å². The monoisotopic (exact) mass is 309 g/mol. The highest BCUT2D eigenvalue weighted by Gasteiger charge is 2.23.